The monoisotopic (exact) mass is 328 g/mol. The lowest BCUT2D eigenvalue weighted by Crippen LogP contribution is -2.46. The van der Waals surface area contributed by atoms with E-state index in [1.165, 1.54) is 6.07 Å². The second-order valence-electron chi connectivity index (χ2n) is 5.10. The first kappa shape index (κ1) is 14.4. The third-order valence-electron chi connectivity index (χ3n) is 3.47. The van der Waals surface area contributed by atoms with E-state index < -0.39 is 0 Å². The van der Waals surface area contributed by atoms with Crippen molar-refractivity contribution in [3.63, 3.8) is 0 Å². The number of rotatable bonds is 4. The summed E-state index contributed by atoms with van der Waals surface area (Å²) in [6.45, 7) is 4.32. The second kappa shape index (κ2) is 5.98. The normalized spacial score (nSPS) is 18.2. The van der Waals surface area contributed by atoms with Crippen LogP contribution < -0.4 is 5.32 Å². The fourth-order valence-corrected chi connectivity index (χ4v) is 2.68. The number of nitrogens with one attached hydrogen (secondary N) is 1. The van der Waals surface area contributed by atoms with Gasteiger partial charge in [0.25, 0.3) is 5.69 Å². The van der Waals surface area contributed by atoms with Crippen LogP contribution in [0.3, 0.4) is 0 Å². The van der Waals surface area contributed by atoms with Crippen LogP contribution in [-0.2, 0) is 11.3 Å². The Morgan fingerprint density at radius 2 is 2.11 bits per heavy atom. The van der Waals surface area contributed by atoms with Crippen LogP contribution >= 0.6 is 15.9 Å². The molecule has 5 nitrogen and oxygen atoms in total. The first-order chi connectivity index (χ1) is 8.98. The van der Waals surface area contributed by atoms with Crippen LogP contribution in [0.1, 0.15) is 25.3 Å². The molecule has 1 aromatic rings. The first-order valence-corrected chi connectivity index (χ1v) is 7.04. The summed E-state index contributed by atoms with van der Waals surface area (Å²) in [5, 5.41) is 14.3. The van der Waals surface area contributed by atoms with E-state index in [1.54, 1.807) is 6.07 Å². The van der Waals surface area contributed by atoms with Crippen LogP contribution in [0.15, 0.2) is 22.7 Å². The molecule has 1 aliphatic rings. The zero-order chi connectivity index (χ0) is 13.9. The Labute approximate surface area is 120 Å². The predicted octanol–water partition coefficient (Wildman–Crippen LogP) is 3.02. The number of ether oxygens (including phenoxy) is 1. The predicted molar refractivity (Wildman–Crippen MR) is 76.1 cm³/mol. The molecule has 0 unspecified atom stereocenters. The highest BCUT2D eigenvalue weighted by atomic mass is 79.9. The molecule has 0 atom stereocenters. The van der Waals surface area contributed by atoms with E-state index >= 15 is 0 Å². The molecule has 0 aliphatic carbocycles. The van der Waals surface area contributed by atoms with E-state index in [0.29, 0.717) is 6.54 Å². The van der Waals surface area contributed by atoms with Crippen LogP contribution in [0.5, 0.6) is 0 Å². The van der Waals surface area contributed by atoms with Gasteiger partial charge in [0, 0.05) is 41.9 Å². The van der Waals surface area contributed by atoms with Crippen LogP contribution in [0.4, 0.5) is 5.69 Å². The summed E-state index contributed by atoms with van der Waals surface area (Å²) >= 11 is 3.31. The minimum atomic E-state index is -0.371. The summed E-state index contributed by atoms with van der Waals surface area (Å²) in [5.41, 5.74) is 1.08. The third kappa shape index (κ3) is 3.99. The van der Waals surface area contributed by atoms with Crippen molar-refractivity contribution in [1.82, 2.24) is 5.32 Å². The molecule has 0 amide bonds. The Morgan fingerprint density at radius 1 is 1.42 bits per heavy atom. The number of non-ortho nitro benzene ring substituents is 1. The highest BCUT2D eigenvalue weighted by molar-refractivity contribution is 9.10. The number of nitrogens with zero attached hydrogens (tertiary/aromatic N) is 1. The maximum atomic E-state index is 10.8. The maximum absolute atomic E-state index is 10.8. The number of nitro benzene ring substituents is 1. The van der Waals surface area contributed by atoms with Crippen LogP contribution in [0.2, 0.25) is 0 Å². The largest absolute Gasteiger partial charge is 0.381 e. The van der Waals surface area contributed by atoms with E-state index in [-0.39, 0.29) is 16.1 Å². The Morgan fingerprint density at radius 3 is 2.74 bits per heavy atom. The lowest BCUT2D eigenvalue weighted by molar-refractivity contribution is -0.385. The molecule has 104 valence electrons. The standard InChI is InChI=1S/C13H17BrN2O3/c1-13(2-4-19-5-3-13)15-9-10-6-11(14)8-12(7-10)16(17)18/h6-8,15H,2-5,9H2,1H3. The third-order valence-corrected chi connectivity index (χ3v) is 3.93. The lowest BCUT2D eigenvalue weighted by atomic mass is 9.92. The van der Waals surface area contributed by atoms with Crippen LogP contribution in [0, 0.1) is 10.1 Å². The van der Waals surface area contributed by atoms with Gasteiger partial charge < -0.3 is 10.1 Å². The molecule has 0 spiro atoms. The molecule has 1 saturated heterocycles. The quantitative estimate of drug-likeness (QED) is 0.681. The molecular weight excluding hydrogens is 312 g/mol. The topological polar surface area (TPSA) is 64.4 Å². The van der Waals surface area contributed by atoms with Crippen molar-refractivity contribution < 1.29 is 9.66 Å². The summed E-state index contributed by atoms with van der Waals surface area (Å²) in [5.74, 6) is 0. The van der Waals surface area contributed by atoms with Gasteiger partial charge in [0.2, 0.25) is 0 Å². The van der Waals surface area contributed by atoms with Gasteiger partial charge in [0.15, 0.2) is 0 Å². The van der Waals surface area contributed by atoms with Crippen molar-refractivity contribution in [2.24, 2.45) is 0 Å². The van der Waals surface area contributed by atoms with Crippen molar-refractivity contribution in [1.29, 1.82) is 0 Å². The number of benzene rings is 1. The van der Waals surface area contributed by atoms with Gasteiger partial charge in [0.1, 0.15) is 0 Å². The Balaban J connectivity index is 2.04. The van der Waals surface area contributed by atoms with Gasteiger partial charge in [-0.2, -0.15) is 0 Å². The first-order valence-electron chi connectivity index (χ1n) is 6.25. The molecule has 0 bridgehead atoms. The van der Waals surface area contributed by atoms with E-state index in [2.05, 4.69) is 28.2 Å². The molecule has 19 heavy (non-hydrogen) atoms. The van der Waals surface area contributed by atoms with Crippen molar-refractivity contribution in [2.75, 3.05) is 13.2 Å². The van der Waals surface area contributed by atoms with Gasteiger partial charge >= 0.3 is 0 Å². The highest BCUT2D eigenvalue weighted by Gasteiger charge is 2.26. The van der Waals surface area contributed by atoms with E-state index in [4.69, 9.17) is 4.74 Å². The van der Waals surface area contributed by atoms with E-state index in [1.807, 2.05) is 6.07 Å². The van der Waals surface area contributed by atoms with Gasteiger partial charge in [-0.05, 0) is 31.4 Å². The molecule has 1 aliphatic heterocycles. The SMILES string of the molecule is CC1(NCc2cc(Br)cc([N+](=O)[O-])c2)CCOCC1. The van der Waals surface area contributed by atoms with Gasteiger partial charge in [-0.3, -0.25) is 10.1 Å². The molecule has 1 aromatic carbocycles. The maximum Gasteiger partial charge on any atom is 0.270 e. The second-order valence-corrected chi connectivity index (χ2v) is 6.02. The molecule has 1 heterocycles. The number of hydrogen-bond acceptors (Lipinski definition) is 4. The Hall–Kier alpha value is -0.980. The van der Waals surface area contributed by atoms with Crippen LogP contribution in [-0.4, -0.2) is 23.7 Å². The van der Waals surface area contributed by atoms with Crippen molar-refractivity contribution in [3.8, 4) is 0 Å². The van der Waals surface area contributed by atoms with Crippen LogP contribution in [0.25, 0.3) is 0 Å². The molecule has 0 saturated carbocycles. The van der Waals surface area contributed by atoms with Gasteiger partial charge in [0.05, 0.1) is 4.92 Å². The zero-order valence-corrected chi connectivity index (χ0v) is 12.4. The fourth-order valence-electron chi connectivity index (χ4n) is 2.15. The average Bonchev–Trinajstić information content (AvgIpc) is 2.37. The smallest absolute Gasteiger partial charge is 0.270 e. The molecular formula is C13H17BrN2O3. The number of halogens is 1. The molecule has 1 N–H and O–H groups in total. The molecule has 6 heteroatoms. The molecule has 1 fully saturated rings. The summed E-state index contributed by atoms with van der Waals surface area (Å²) in [6.07, 6.45) is 1.92. The van der Waals surface area contributed by atoms with Gasteiger partial charge in [-0.25, -0.2) is 0 Å². The average molecular weight is 329 g/mol. The van der Waals surface area contributed by atoms with E-state index in [0.717, 1.165) is 36.1 Å². The lowest BCUT2D eigenvalue weighted by Gasteiger charge is -2.34. The highest BCUT2D eigenvalue weighted by Crippen LogP contribution is 2.24. The summed E-state index contributed by atoms with van der Waals surface area (Å²) in [6, 6.07) is 5.03. The minimum absolute atomic E-state index is 0.0509. The Kier molecular flexibility index (Phi) is 4.54. The number of nitro groups is 1. The summed E-state index contributed by atoms with van der Waals surface area (Å²) in [4.78, 5) is 10.5. The van der Waals surface area contributed by atoms with Crippen molar-refractivity contribution >= 4 is 21.6 Å². The molecule has 0 aromatic heterocycles. The fraction of sp³-hybridized carbons (Fsp3) is 0.538. The number of hydrogen-bond donors (Lipinski definition) is 1. The van der Waals surface area contributed by atoms with Gasteiger partial charge in [-0.15, -0.1) is 0 Å². The zero-order valence-electron chi connectivity index (χ0n) is 10.8. The van der Waals surface area contributed by atoms with E-state index in [9.17, 15) is 10.1 Å². The Bertz CT molecular complexity index is 473. The molecule has 0 radical (unpaired) electrons. The molecule has 2 rings (SSSR count). The minimum Gasteiger partial charge on any atom is -0.381 e. The van der Waals surface area contributed by atoms with Gasteiger partial charge in [-0.1, -0.05) is 15.9 Å². The van der Waals surface area contributed by atoms with Crippen molar-refractivity contribution in [3.05, 3.63) is 38.3 Å². The van der Waals surface area contributed by atoms with Crippen molar-refractivity contribution in [2.45, 2.75) is 31.8 Å². The summed E-state index contributed by atoms with van der Waals surface area (Å²) < 4.78 is 6.08. The summed E-state index contributed by atoms with van der Waals surface area (Å²) in [7, 11) is 0.